The van der Waals surface area contributed by atoms with Gasteiger partial charge in [0.2, 0.25) is 0 Å². The molecule has 5 nitrogen and oxygen atoms in total. The van der Waals surface area contributed by atoms with Crippen molar-refractivity contribution in [3.8, 4) is 11.5 Å². The number of rotatable bonds is 4. The van der Waals surface area contributed by atoms with Gasteiger partial charge in [-0.15, -0.1) is 0 Å². The van der Waals surface area contributed by atoms with E-state index in [-0.39, 0.29) is 42.5 Å². The van der Waals surface area contributed by atoms with E-state index < -0.39 is 20.6 Å². The van der Waals surface area contributed by atoms with Crippen molar-refractivity contribution in [3.05, 3.63) is 91.4 Å². The molecule has 3 N–H and O–H groups in total. The molecule has 1 atom stereocenters. The maximum absolute atomic E-state index is 13.0. The van der Waals surface area contributed by atoms with Crippen LogP contribution in [0.2, 0.25) is 20.1 Å². The molecule has 10 heteroatoms. The highest BCUT2D eigenvalue weighted by atomic mass is 35.5. The minimum atomic E-state index is -5.11. The Kier molecular flexibility index (Phi) is 5.98. The second-order valence-electron chi connectivity index (χ2n) is 6.08. The Hall–Kier alpha value is -1.67. The van der Waals surface area contributed by atoms with E-state index in [1.807, 2.05) is 0 Å². The van der Waals surface area contributed by atoms with Crippen LogP contribution in [-0.2, 0) is 14.9 Å². The third-order valence-corrected chi connectivity index (χ3v) is 6.96. The lowest BCUT2D eigenvalue weighted by Crippen LogP contribution is -2.39. The summed E-state index contributed by atoms with van der Waals surface area (Å²) in [6.07, 6.45) is 0. The van der Waals surface area contributed by atoms with E-state index >= 15 is 0 Å². The Morgan fingerprint density at radius 3 is 1.97 bits per heavy atom. The molecule has 0 aliphatic rings. The van der Waals surface area contributed by atoms with Gasteiger partial charge in [0.1, 0.15) is 11.5 Å². The zero-order valence-corrected chi connectivity index (χ0v) is 18.1. The molecule has 152 valence electrons. The van der Waals surface area contributed by atoms with E-state index in [0.717, 1.165) is 18.2 Å². The molecular weight excluding hydrogens is 482 g/mol. The fraction of sp³-hybridized carbons (Fsp3) is 0.0526. The summed E-state index contributed by atoms with van der Waals surface area (Å²) in [4.78, 5) is 0. The van der Waals surface area contributed by atoms with Crippen molar-refractivity contribution >= 4 is 56.5 Å². The summed E-state index contributed by atoms with van der Waals surface area (Å²) >= 11 is 24.5. The molecule has 29 heavy (non-hydrogen) atoms. The predicted octanol–water partition coefficient (Wildman–Crippen LogP) is 5.89. The molecule has 1 unspecified atom stereocenters. The van der Waals surface area contributed by atoms with Crippen molar-refractivity contribution in [1.29, 1.82) is 0 Å². The lowest BCUT2D eigenvalue weighted by molar-refractivity contribution is 0.440. The highest BCUT2D eigenvalue weighted by Gasteiger charge is 2.52. The van der Waals surface area contributed by atoms with Gasteiger partial charge in [-0.05, 0) is 35.9 Å². The molecule has 0 saturated heterocycles. The van der Waals surface area contributed by atoms with Crippen LogP contribution in [0.5, 0.6) is 11.5 Å². The maximum atomic E-state index is 13.0. The summed E-state index contributed by atoms with van der Waals surface area (Å²) in [5, 5.41) is 20.0. The Labute approximate surface area is 186 Å². The first kappa shape index (κ1) is 22.0. The summed E-state index contributed by atoms with van der Waals surface area (Å²) in [6, 6.07) is 11.7. The zero-order valence-electron chi connectivity index (χ0n) is 14.3. The van der Waals surface area contributed by atoms with E-state index in [1.54, 1.807) is 6.07 Å². The minimum absolute atomic E-state index is 0.0280. The van der Waals surface area contributed by atoms with Crippen molar-refractivity contribution in [2.24, 2.45) is 0 Å². The highest BCUT2D eigenvalue weighted by Crippen LogP contribution is 2.52. The maximum Gasteiger partial charge on any atom is 0.283 e. The number of phenolic OH excluding ortho intramolecular Hbond substituents is 2. The monoisotopic (exact) mass is 492 g/mol. The van der Waals surface area contributed by atoms with Crippen molar-refractivity contribution in [2.75, 3.05) is 0 Å². The van der Waals surface area contributed by atoms with E-state index in [4.69, 9.17) is 46.4 Å². The third kappa shape index (κ3) is 3.65. The zero-order chi connectivity index (χ0) is 21.6. The van der Waals surface area contributed by atoms with Gasteiger partial charge in [0.05, 0.1) is 10.0 Å². The molecule has 0 aromatic heterocycles. The summed E-state index contributed by atoms with van der Waals surface area (Å²) in [5.74, 6) is -0.908. The van der Waals surface area contributed by atoms with Gasteiger partial charge < -0.3 is 10.2 Å². The topological polar surface area (TPSA) is 94.8 Å². The van der Waals surface area contributed by atoms with Crippen LogP contribution in [0.3, 0.4) is 0 Å². The van der Waals surface area contributed by atoms with Gasteiger partial charge >= 0.3 is 0 Å². The molecule has 0 radical (unpaired) electrons. The third-order valence-electron chi connectivity index (χ3n) is 4.38. The lowest BCUT2D eigenvalue weighted by Gasteiger charge is -2.34. The predicted molar refractivity (Wildman–Crippen MR) is 114 cm³/mol. The standard InChI is InChI=1S/C19H12Cl4O5S/c20-11-8-15(23)18(17(25)9-11)19(29(26,27)28,12-3-1-2-4-13(12)21)10-5-6-16(24)14(22)7-10/h1-9,24-25H,(H,26,27,28). The van der Waals surface area contributed by atoms with Crippen LogP contribution < -0.4 is 0 Å². The van der Waals surface area contributed by atoms with E-state index in [0.29, 0.717) is 0 Å². The van der Waals surface area contributed by atoms with Crippen LogP contribution >= 0.6 is 46.4 Å². The first-order valence-corrected chi connectivity index (χ1v) is 10.8. The second kappa shape index (κ2) is 7.87. The summed E-state index contributed by atoms with van der Waals surface area (Å²) in [7, 11) is -5.11. The van der Waals surface area contributed by atoms with Crippen molar-refractivity contribution in [3.63, 3.8) is 0 Å². The van der Waals surface area contributed by atoms with Crippen LogP contribution in [0.25, 0.3) is 0 Å². The summed E-state index contributed by atoms with van der Waals surface area (Å²) in [5.41, 5.74) is -0.582. The van der Waals surface area contributed by atoms with E-state index in [2.05, 4.69) is 0 Å². The van der Waals surface area contributed by atoms with Crippen LogP contribution in [0.15, 0.2) is 54.6 Å². The van der Waals surface area contributed by atoms with Crippen LogP contribution in [0, 0.1) is 0 Å². The van der Waals surface area contributed by atoms with Crippen LogP contribution in [0.4, 0.5) is 0 Å². The Morgan fingerprint density at radius 2 is 1.41 bits per heavy atom. The molecule has 3 aromatic carbocycles. The Bertz CT molecular complexity index is 1190. The SMILES string of the molecule is O=S(=O)(O)C(c1ccc(O)c(Cl)c1)(c1ccccc1Cl)c1c(O)cc(Cl)cc1Cl. The molecule has 0 aliphatic heterocycles. The minimum Gasteiger partial charge on any atom is -0.507 e. The second-order valence-corrected chi connectivity index (χ2v) is 9.30. The molecule has 0 bridgehead atoms. The normalized spacial score (nSPS) is 13.8. The van der Waals surface area contributed by atoms with E-state index in [1.165, 1.54) is 30.3 Å². The van der Waals surface area contributed by atoms with Crippen LogP contribution in [-0.4, -0.2) is 23.2 Å². The fourth-order valence-corrected chi connectivity index (χ4v) is 5.78. The van der Waals surface area contributed by atoms with Gasteiger partial charge in [-0.2, -0.15) is 8.42 Å². The van der Waals surface area contributed by atoms with Gasteiger partial charge in [0, 0.05) is 21.2 Å². The van der Waals surface area contributed by atoms with Gasteiger partial charge in [-0.1, -0.05) is 70.7 Å². The Morgan fingerprint density at radius 1 is 0.759 bits per heavy atom. The quantitative estimate of drug-likeness (QED) is 0.311. The molecule has 0 heterocycles. The number of halogens is 4. The molecule has 0 amide bonds. The number of hydrogen-bond donors (Lipinski definition) is 3. The van der Waals surface area contributed by atoms with Gasteiger partial charge in [0.15, 0.2) is 4.75 Å². The number of phenols is 2. The molecule has 0 aliphatic carbocycles. The van der Waals surface area contributed by atoms with E-state index in [9.17, 15) is 23.2 Å². The number of hydrogen-bond acceptors (Lipinski definition) is 4. The van der Waals surface area contributed by atoms with Crippen molar-refractivity contribution < 1.29 is 23.2 Å². The average Bonchev–Trinajstić information content (AvgIpc) is 2.60. The molecule has 0 saturated carbocycles. The largest absolute Gasteiger partial charge is 0.507 e. The molecule has 3 aromatic rings. The summed E-state index contributed by atoms with van der Waals surface area (Å²) < 4.78 is 34.0. The molecule has 0 spiro atoms. The number of benzene rings is 3. The molecule has 3 rings (SSSR count). The molecular formula is C19H12Cl4O5S. The van der Waals surface area contributed by atoms with Crippen molar-refractivity contribution in [1.82, 2.24) is 0 Å². The van der Waals surface area contributed by atoms with Gasteiger partial charge in [0.25, 0.3) is 10.1 Å². The lowest BCUT2D eigenvalue weighted by atomic mass is 9.83. The Balaban J connectivity index is 2.63. The van der Waals surface area contributed by atoms with Gasteiger partial charge in [-0.3, -0.25) is 4.55 Å². The highest BCUT2D eigenvalue weighted by molar-refractivity contribution is 7.87. The summed E-state index contributed by atoms with van der Waals surface area (Å²) in [6.45, 7) is 0. The van der Waals surface area contributed by atoms with Crippen LogP contribution in [0.1, 0.15) is 16.7 Å². The first-order valence-electron chi connectivity index (χ1n) is 7.89. The first-order chi connectivity index (χ1) is 13.5. The molecule has 0 fully saturated rings. The number of aromatic hydroxyl groups is 2. The average molecular weight is 494 g/mol. The van der Waals surface area contributed by atoms with Gasteiger partial charge in [-0.25, -0.2) is 0 Å². The van der Waals surface area contributed by atoms with Crippen molar-refractivity contribution in [2.45, 2.75) is 4.75 Å². The smallest absolute Gasteiger partial charge is 0.283 e. The fourth-order valence-electron chi connectivity index (χ4n) is 3.23.